The van der Waals surface area contributed by atoms with Crippen LogP contribution in [0.3, 0.4) is 0 Å². The summed E-state index contributed by atoms with van der Waals surface area (Å²) in [6.07, 6.45) is 0. The van der Waals surface area contributed by atoms with Crippen molar-refractivity contribution in [2.45, 2.75) is 13.5 Å². The van der Waals surface area contributed by atoms with E-state index >= 15 is 0 Å². The summed E-state index contributed by atoms with van der Waals surface area (Å²) in [7, 11) is 0. The van der Waals surface area contributed by atoms with Crippen LogP contribution in [0.5, 0.6) is 0 Å². The third-order valence-corrected chi connectivity index (χ3v) is 3.18. The Morgan fingerprint density at radius 1 is 1.38 bits per heavy atom. The van der Waals surface area contributed by atoms with Crippen molar-refractivity contribution in [1.29, 1.82) is 0 Å². The Kier molecular flexibility index (Phi) is 4.17. The Morgan fingerprint density at radius 3 is 2.57 bits per heavy atom. The molecule has 0 aliphatic heterocycles. The summed E-state index contributed by atoms with van der Waals surface area (Å²) in [5, 5.41) is 7.09. The molecule has 0 spiro atoms. The summed E-state index contributed by atoms with van der Waals surface area (Å²) in [6.45, 7) is -1.78. The van der Waals surface area contributed by atoms with E-state index in [0.717, 1.165) is 0 Å². The van der Waals surface area contributed by atoms with Crippen LogP contribution in [-0.4, -0.2) is 14.3 Å². The SMILES string of the molecule is Cc1nn(-c2cc(N=[N+]=[N-])c(Cl)cc2Cl)c(=O)n1C(F)F. The molecule has 1 heterocycles. The molecule has 7 nitrogen and oxygen atoms in total. The highest BCUT2D eigenvalue weighted by Gasteiger charge is 2.20. The van der Waals surface area contributed by atoms with Gasteiger partial charge in [-0.15, -0.1) is 5.10 Å². The van der Waals surface area contributed by atoms with E-state index in [1.165, 1.54) is 19.1 Å². The zero-order chi connectivity index (χ0) is 15.7. The van der Waals surface area contributed by atoms with Gasteiger partial charge in [0, 0.05) is 4.91 Å². The van der Waals surface area contributed by atoms with Gasteiger partial charge in [-0.3, -0.25) is 0 Å². The normalized spacial score (nSPS) is 10.8. The van der Waals surface area contributed by atoms with Gasteiger partial charge in [-0.25, -0.2) is 9.36 Å². The van der Waals surface area contributed by atoms with E-state index in [1.807, 2.05) is 0 Å². The van der Waals surface area contributed by atoms with Crippen molar-refractivity contribution in [3.63, 3.8) is 0 Å². The van der Waals surface area contributed by atoms with Gasteiger partial charge in [0.15, 0.2) is 0 Å². The quantitative estimate of drug-likeness (QED) is 0.482. The maximum absolute atomic E-state index is 12.8. The fourth-order valence-electron chi connectivity index (χ4n) is 1.67. The van der Waals surface area contributed by atoms with Gasteiger partial charge in [0.05, 0.1) is 21.4 Å². The van der Waals surface area contributed by atoms with Crippen LogP contribution in [0.2, 0.25) is 10.0 Å². The first-order valence-corrected chi connectivity index (χ1v) is 6.13. The highest BCUT2D eigenvalue weighted by molar-refractivity contribution is 6.37. The molecule has 0 saturated carbocycles. The van der Waals surface area contributed by atoms with Gasteiger partial charge < -0.3 is 0 Å². The van der Waals surface area contributed by atoms with E-state index in [9.17, 15) is 13.6 Å². The maximum Gasteiger partial charge on any atom is 0.355 e. The Labute approximate surface area is 125 Å². The number of azide groups is 1. The molecule has 0 unspecified atom stereocenters. The van der Waals surface area contributed by atoms with E-state index in [-0.39, 0.29) is 31.8 Å². The molecule has 0 fully saturated rings. The van der Waals surface area contributed by atoms with Crippen LogP contribution in [0.1, 0.15) is 12.4 Å². The highest BCUT2D eigenvalue weighted by atomic mass is 35.5. The lowest BCUT2D eigenvalue weighted by molar-refractivity contribution is 0.0640. The number of alkyl halides is 2. The Bertz CT molecular complexity index is 809. The van der Waals surface area contributed by atoms with E-state index in [2.05, 4.69) is 15.1 Å². The standard InChI is InChI=1S/C10H6Cl2F2N6O/c1-4-17-20(10(21)19(4)9(13)14)8-3-7(16-18-15)5(11)2-6(8)12/h2-3,9H,1H3. The minimum Gasteiger partial charge on any atom is -0.245 e. The lowest BCUT2D eigenvalue weighted by Crippen LogP contribution is -2.24. The average molecular weight is 335 g/mol. The molecule has 21 heavy (non-hydrogen) atoms. The molecule has 110 valence electrons. The van der Waals surface area contributed by atoms with Gasteiger partial charge in [0.2, 0.25) is 0 Å². The first-order valence-electron chi connectivity index (χ1n) is 5.37. The minimum atomic E-state index is -3.03. The third kappa shape index (κ3) is 2.71. The lowest BCUT2D eigenvalue weighted by atomic mass is 10.3. The van der Waals surface area contributed by atoms with Crippen LogP contribution in [-0.2, 0) is 0 Å². The number of benzene rings is 1. The molecular weight excluding hydrogens is 329 g/mol. The van der Waals surface area contributed by atoms with Crippen LogP contribution >= 0.6 is 23.2 Å². The number of rotatable bonds is 3. The minimum absolute atomic E-state index is 0.00194. The molecule has 1 aromatic heterocycles. The van der Waals surface area contributed by atoms with Crippen molar-refractivity contribution in [3.8, 4) is 5.69 Å². The Morgan fingerprint density at radius 2 is 2.05 bits per heavy atom. The monoisotopic (exact) mass is 334 g/mol. The molecule has 0 saturated heterocycles. The molecule has 0 radical (unpaired) electrons. The molecule has 0 aliphatic carbocycles. The van der Waals surface area contributed by atoms with Crippen molar-refractivity contribution in [3.05, 3.63) is 48.9 Å². The zero-order valence-corrected chi connectivity index (χ0v) is 11.8. The largest absolute Gasteiger partial charge is 0.355 e. The number of hydrogen-bond donors (Lipinski definition) is 0. The summed E-state index contributed by atoms with van der Waals surface area (Å²) in [5.41, 5.74) is 7.34. The molecule has 1 aromatic carbocycles. The van der Waals surface area contributed by atoms with Crippen molar-refractivity contribution in [2.24, 2.45) is 5.11 Å². The predicted molar refractivity (Wildman–Crippen MR) is 72.6 cm³/mol. The van der Waals surface area contributed by atoms with Gasteiger partial charge in [0.25, 0.3) is 0 Å². The molecule has 2 rings (SSSR count). The number of aryl methyl sites for hydroxylation is 1. The van der Waals surface area contributed by atoms with Crippen LogP contribution in [0.15, 0.2) is 22.0 Å². The number of nitrogens with zero attached hydrogens (tertiary/aromatic N) is 6. The molecule has 0 atom stereocenters. The molecule has 0 aliphatic rings. The van der Waals surface area contributed by atoms with Crippen LogP contribution in [0, 0.1) is 6.92 Å². The zero-order valence-electron chi connectivity index (χ0n) is 10.3. The molecular formula is C10H6Cl2F2N6O. The molecule has 0 N–H and O–H groups in total. The average Bonchev–Trinajstić information content (AvgIpc) is 2.68. The van der Waals surface area contributed by atoms with Crippen LogP contribution in [0.4, 0.5) is 14.5 Å². The highest BCUT2D eigenvalue weighted by Crippen LogP contribution is 2.33. The summed E-state index contributed by atoms with van der Waals surface area (Å²) in [6, 6.07) is 2.42. The smallest absolute Gasteiger partial charge is 0.245 e. The van der Waals surface area contributed by atoms with Crippen LogP contribution < -0.4 is 5.69 Å². The predicted octanol–water partition coefficient (Wildman–Crippen LogP) is 3.99. The van der Waals surface area contributed by atoms with Crippen molar-refractivity contribution in [1.82, 2.24) is 14.3 Å². The third-order valence-electron chi connectivity index (χ3n) is 2.57. The van der Waals surface area contributed by atoms with Gasteiger partial charge in [-0.05, 0) is 24.6 Å². The van der Waals surface area contributed by atoms with E-state index < -0.39 is 12.2 Å². The molecule has 0 bridgehead atoms. The van der Waals surface area contributed by atoms with E-state index in [0.29, 0.717) is 4.68 Å². The Hall–Kier alpha value is -2.09. The summed E-state index contributed by atoms with van der Waals surface area (Å²) in [5.74, 6) is -0.189. The number of halogens is 4. The second kappa shape index (κ2) is 5.72. The van der Waals surface area contributed by atoms with Crippen molar-refractivity contribution >= 4 is 28.9 Å². The van der Waals surface area contributed by atoms with Crippen molar-refractivity contribution in [2.75, 3.05) is 0 Å². The van der Waals surface area contributed by atoms with Gasteiger partial charge in [-0.2, -0.15) is 13.5 Å². The molecule has 11 heteroatoms. The first kappa shape index (κ1) is 15.3. The number of hydrogen-bond acceptors (Lipinski definition) is 3. The molecule has 0 amide bonds. The van der Waals surface area contributed by atoms with Crippen LogP contribution in [0.25, 0.3) is 16.1 Å². The van der Waals surface area contributed by atoms with E-state index in [4.69, 9.17) is 28.7 Å². The molecule has 2 aromatic rings. The maximum atomic E-state index is 12.8. The summed E-state index contributed by atoms with van der Waals surface area (Å²) < 4.78 is 26.4. The van der Waals surface area contributed by atoms with Gasteiger partial charge >= 0.3 is 12.2 Å². The first-order chi connectivity index (χ1) is 9.86. The lowest BCUT2D eigenvalue weighted by Gasteiger charge is -2.05. The summed E-state index contributed by atoms with van der Waals surface area (Å²) >= 11 is 11.7. The Balaban J connectivity index is 2.73. The second-order valence-electron chi connectivity index (χ2n) is 3.83. The van der Waals surface area contributed by atoms with Crippen molar-refractivity contribution < 1.29 is 8.78 Å². The van der Waals surface area contributed by atoms with E-state index in [1.54, 1.807) is 0 Å². The van der Waals surface area contributed by atoms with Gasteiger partial charge in [-0.1, -0.05) is 28.3 Å². The second-order valence-corrected chi connectivity index (χ2v) is 4.65. The topological polar surface area (TPSA) is 88.6 Å². The fourth-order valence-corrected chi connectivity index (χ4v) is 2.17. The summed E-state index contributed by atoms with van der Waals surface area (Å²) in [4.78, 5) is 14.5. The number of aromatic nitrogens is 3. The fraction of sp³-hybridized carbons (Fsp3) is 0.200. The van der Waals surface area contributed by atoms with Gasteiger partial charge in [0.1, 0.15) is 5.82 Å².